The van der Waals surface area contributed by atoms with Crippen molar-refractivity contribution in [1.29, 1.82) is 0 Å². The van der Waals surface area contributed by atoms with Crippen molar-refractivity contribution >= 4 is 11.9 Å². The molecule has 1 amide bonds. The van der Waals surface area contributed by atoms with Gasteiger partial charge < -0.3 is 15.2 Å². The van der Waals surface area contributed by atoms with E-state index in [1.165, 1.54) is 14.0 Å². The van der Waals surface area contributed by atoms with E-state index in [-0.39, 0.29) is 0 Å². The van der Waals surface area contributed by atoms with Crippen LogP contribution in [0.2, 0.25) is 0 Å². The minimum atomic E-state index is -1.43. The van der Waals surface area contributed by atoms with Crippen molar-refractivity contribution in [3.63, 3.8) is 0 Å². The number of benzene rings is 1. The summed E-state index contributed by atoms with van der Waals surface area (Å²) in [5.74, 6) is -1.13. The van der Waals surface area contributed by atoms with Crippen LogP contribution in [-0.2, 0) is 9.53 Å². The molecule has 1 rings (SSSR count). The molecule has 0 fully saturated rings. The molecule has 0 aliphatic rings. The summed E-state index contributed by atoms with van der Waals surface area (Å²) in [6.07, 6.45) is 0. The number of hydrogen-bond donors (Lipinski definition) is 2. The quantitative estimate of drug-likeness (QED) is 0.740. The number of esters is 1. The summed E-state index contributed by atoms with van der Waals surface area (Å²) in [5, 5.41) is 11.6. The van der Waals surface area contributed by atoms with Crippen molar-refractivity contribution in [2.75, 3.05) is 13.7 Å². The highest BCUT2D eigenvalue weighted by molar-refractivity contribution is 5.98. The van der Waals surface area contributed by atoms with Gasteiger partial charge in [0.1, 0.15) is 0 Å². The number of ether oxygens (including phenoxy) is 1. The summed E-state index contributed by atoms with van der Waals surface area (Å²) in [6, 6.07) is 8.43. The Hall–Kier alpha value is -1.88. The molecule has 0 radical (unpaired) electrons. The van der Waals surface area contributed by atoms with Gasteiger partial charge in [0.15, 0.2) is 5.54 Å². The highest BCUT2D eigenvalue weighted by Crippen LogP contribution is 2.08. The lowest BCUT2D eigenvalue weighted by Crippen LogP contribution is -2.55. The van der Waals surface area contributed by atoms with Crippen LogP contribution in [0.5, 0.6) is 0 Å². The fraction of sp³-hybridized carbons (Fsp3) is 0.333. The van der Waals surface area contributed by atoms with E-state index in [1.807, 2.05) is 0 Å². The highest BCUT2D eigenvalue weighted by atomic mass is 16.5. The molecule has 92 valence electrons. The van der Waals surface area contributed by atoms with Gasteiger partial charge in [-0.15, -0.1) is 0 Å². The number of carbonyl (C=O) groups is 2. The zero-order chi connectivity index (χ0) is 12.9. The van der Waals surface area contributed by atoms with Gasteiger partial charge in [-0.2, -0.15) is 0 Å². The lowest BCUT2D eigenvalue weighted by molar-refractivity contribution is -0.149. The predicted molar refractivity (Wildman–Crippen MR) is 61.4 cm³/mol. The number of rotatable bonds is 4. The maximum atomic E-state index is 11.8. The number of hydrogen-bond acceptors (Lipinski definition) is 4. The molecule has 0 spiro atoms. The highest BCUT2D eigenvalue weighted by Gasteiger charge is 2.35. The van der Waals surface area contributed by atoms with Gasteiger partial charge in [0.25, 0.3) is 5.91 Å². The number of aliphatic hydroxyl groups excluding tert-OH is 1. The predicted octanol–water partition coefficient (Wildman–Crippen LogP) is 0.340. The molecule has 0 aliphatic heterocycles. The zero-order valence-corrected chi connectivity index (χ0v) is 9.77. The lowest BCUT2D eigenvalue weighted by Gasteiger charge is -2.25. The third-order valence-corrected chi connectivity index (χ3v) is 2.38. The Morgan fingerprint density at radius 1 is 1.35 bits per heavy atom. The Morgan fingerprint density at radius 2 is 1.94 bits per heavy atom. The van der Waals surface area contributed by atoms with Gasteiger partial charge in [-0.1, -0.05) is 18.2 Å². The summed E-state index contributed by atoms with van der Waals surface area (Å²) in [6.45, 7) is 0.873. The fourth-order valence-corrected chi connectivity index (χ4v) is 1.29. The van der Waals surface area contributed by atoms with Gasteiger partial charge in [0.2, 0.25) is 0 Å². The van der Waals surface area contributed by atoms with Crippen molar-refractivity contribution in [2.24, 2.45) is 0 Å². The normalized spacial score (nSPS) is 13.6. The molecule has 1 aromatic carbocycles. The maximum absolute atomic E-state index is 11.8. The molecule has 0 aromatic heterocycles. The monoisotopic (exact) mass is 237 g/mol. The first-order valence-electron chi connectivity index (χ1n) is 5.10. The van der Waals surface area contributed by atoms with Crippen molar-refractivity contribution in [1.82, 2.24) is 5.32 Å². The van der Waals surface area contributed by atoms with Crippen LogP contribution in [0.4, 0.5) is 0 Å². The maximum Gasteiger partial charge on any atom is 0.333 e. The SMILES string of the molecule is COC(=O)[C@](C)(CO)NC(=O)c1ccccc1. The molecule has 0 bridgehead atoms. The summed E-state index contributed by atoms with van der Waals surface area (Å²) in [7, 11) is 1.20. The van der Waals surface area contributed by atoms with E-state index >= 15 is 0 Å². The van der Waals surface area contributed by atoms with E-state index in [1.54, 1.807) is 30.3 Å². The van der Waals surface area contributed by atoms with Gasteiger partial charge in [0.05, 0.1) is 13.7 Å². The lowest BCUT2D eigenvalue weighted by atomic mass is 10.0. The Balaban J connectivity index is 2.83. The van der Waals surface area contributed by atoms with Gasteiger partial charge >= 0.3 is 5.97 Å². The molecule has 0 heterocycles. The largest absolute Gasteiger partial charge is 0.467 e. The van der Waals surface area contributed by atoms with Crippen LogP contribution >= 0.6 is 0 Å². The van der Waals surface area contributed by atoms with Gasteiger partial charge in [-0.25, -0.2) is 4.79 Å². The smallest absolute Gasteiger partial charge is 0.333 e. The summed E-state index contributed by atoms with van der Waals surface area (Å²) in [4.78, 5) is 23.2. The van der Waals surface area contributed by atoms with Crippen LogP contribution in [0.15, 0.2) is 30.3 Å². The van der Waals surface area contributed by atoms with Crippen LogP contribution in [0.25, 0.3) is 0 Å². The molecule has 0 saturated heterocycles. The second kappa shape index (κ2) is 5.45. The van der Waals surface area contributed by atoms with Gasteiger partial charge in [-0.05, 0) is 19.1 Å². The van der Waals surface area contributed by atoms with Crippen molar-refractivity contribution in [3.8, 4) is 0 Å². The summed E-state index contributed by atoms with van der Waals surface area (Å²) >= 11 is 0. The number of carbonyl (C=O) groups excluding carboxylic acids is 2. The molecule has 1 aromatic rings. The second-order valence-electron chi connectivity index (χ2n) is 3.80. The van der Waals surface area contributed by atoms with Crippen molar-refractivity contribution < 1.29 is 19.4 Å². The fourth-order valence-electron chi connectivity index (χ4n) is 1.29. The van der Waals surface area contributed by atoms with Crippen molar-refractivity contribution in [3.05, 3.63) is 35.9 Å². The average molecular weight is 237 g/mol. The Kier molecular flexibility index (Phi) is 4.23. The minimum Gasteiger partial charge on any atom is -0.467 e. The van der Waals surface area contributed by atoms with Gasteiger partial charge in [-0.3, -0.25) is 4.79 Å². The first-order valence-corrected chi connectivity index (χ1v) is 5.10. The zero-order valence-electron chi connectivity index (χ0n) is 9.77. The molecular formula is C12H15NO4. The molecule has 5 heteroatoms. The number of amides is 1. The summed E-state index contributed by atoms with van der Waals surface area (Å²) in [5.41, 5.74) is -1.02. The van der Waals surface area contributed by atoms with Crippen LogP contribution < -0.4 is 5.32 Å². The van der Waals surface area contributed by atoms with Crippen LogP contribution in [0.1, 0.15) is 17.3 Å². The molecule has 17 heavy (non-hydrogen) atoms. The molecule has 5 nitrogen and oxygen atoms in total. The topological polar surface area (TPSA) is 75.6 Å². The van der Waals surface area contributed by atoms with E-state index < -0.39 is 24.0 Å². The average Bonchev–Trinajstić information content (AvgIpc) is 2.38. The Morgan fingerprint density at radius 3 is 2.41 bits per heavy atom. The van der Waals surface area contributed by atoms with Crippen LogP contribution in [-0.4, -0.2) is 36.2 Å². The van der Waals surface area contributed by atoms with E-state index in [9.17, 15) is 9.59 Å². The molecule has 0 unspecified atom stereocenters. The second-order valence-corrected chi connectivity index (χ2v) is 3.80. The Labute approximate surface area is 99.4 Å². The number of aliphatic hydroxyl groups is 1. The van der Waals surface area contributed by atoms with E-state index in [4.69, 9.17) is 5.11 Å². The standard InChI is InChI=1S/C12H15NO4/c1-12(8-14,11(16)17-2)13-10(15)9-6-4-3-5-7-9/h3-7,14H,8H2,1-2H3,(H,13,15)/t12-/m0/s1. The third kappa shape index (κ3) is 3.04. The van der Waals surface area contributed by atoms with E-state index in [2.05, 4.69) is 10.1 Å². The minimum absolute atomic E-state index is 0.413. The number of nitrogens with one attached hydrogen (secondary N) is 1. The summed E-state index contributed by atoms with van der Waals surface area (Å²) < 4.78 is 4.53. The molecule has 1 atom stereocenters. The van der Waals surface area contributed by atoms with Crippen LogP contribution in [0, 0.1) is 0 Å². The molecule has 0 aliphatic carbocycles. The molecule has 0 saturated carbocycles. The number of methoxy groups -OCH3 is 1. The van der Waals surface area contributed by atoms with E-state index in [0.717, 1.165) is 0 Å². The van der Waals surface area contributed by atoms with Crippen LogP contribution in [0.3, 0.4) is 0 Å². The van der Waals surface area contributed by atoms with Gasteiger partial charge in [0, 0.05) is 5.56 Å². The van der Waals surface area contributed by atoms with E-state index in [0.29, 0.717) is 5.56 Å². The Bertz CT molecular complexity index is 404. The third-order valence-electron chi connectivity index (χ3n) is 2.38. The first-order chi connectivity index (χ1) is 8.03. The van der Waals surface area contributed by atoms with Crippen molar-refractivity contribution in [2.45, 2.75) is 12.5 Å². The molecule has 2 N–H and O–H groups in total. The first kappa shape index (κ1) is 13.2. The molecular weight excluding hydrogens is 222 g/mol.